The summed E-state index contributed by atoms with van der Waals surface area (Å²) in [5, 5.41) is 5.56. The van der Waals surface area contributed by atoms with E-state index in [1.54, 1.807) is 17.1 Å². The number of pyridine rings is 1. The Morgan fingerprint density at radius 3 is 2.58 bits per heavy atom. The van der Waals surface area contributed by atoms with Gasteiger partial charge in [-0.15, -0.1) is 0 Å². The van der Waals surface area contributed by atoms with Gasteiger partial charge in [0, 0.05) is 71.8 Å². The summed E-state index contributed by atoms with van der Waals surface area (Å²) in [6, 6.07) is 8.23. The van der Waals surface area contributed by atoms with Crippen molar-refractivity contribution in [1.29, 1.82) is 0 Å². The Kier molecular flexibility index (Phi) is 7.34. The van der Waals surface area contributed by atoms with Crippen LogP contribution in [0.1, 0.15) is 67.3 Å². The number of anilines is 1. The second-order valence-electron chi connectivity index (χ2n) is 12.1. The molecule has 1 aromatic carbocycles. The van der Waals surface area contributed by atoms with Gasteiger partial charge in [0.2, 0.25) is 5.88 Å². The van der Waals surface area contributed by atoms with E-state index in [-0.39, 0.29) is 18.5 Å². The smallest absolute Gasteiger partial charge is 0.343 e. The highest BCUT2D eigenvalue weighted by Gasteiger charge is 2.35. The number of fused-ring (bicyclic) bond motifs is 1. The highest BCUT2D eigenvalue weighted by atomic mass is 16.6. The number of nitrogen functional groups attached to an aromatic ring is 1. The third kappa shape index (κ3) is 5.92. The summed E-state index contributed by atoms with van der Waals surface area (Å²) >= 11 is 0. The van der Waals surface area contributed by atoms with Crippen molar-refractivity contribution in [2.45, 2.75) is 56.4 Å². The quantitative estimate of drug-likeness (QED) is 0.110. The minimum absolute atomic E-state index is 0.0261. The maximum atomic E-state index is 11.7. The number of nitrogens with two attached hydrogens (primary N) is 2. The summed E-state index contributed by atoms with van der Waals surface area (Å²) in [4.78, 5) is 31.2. The fourth-order valence-electron chi connectivity index (χ4n) is 5.61. The van der Waals surface area contributed by atoms with Crippen molar-refractivity contribution in [3.05, 3.63) is 59.0 Å². The van der Waals surface area contributed by atoms with Gasteiger partial charge in [-0.3, -0.25) is 9.67 Å². The van der Waals surface area contributed by atoms with E-state index in [1.165, 1.54) is 12.8 Å². The van der Waals surface area contributed by atoms with Crippen LogP contribution in [0, 0.1) is 0 Å². The van der Waals surface area contributed by atoms with Gasteiger partial charge in [-0.05, 0) is 50.7 Å². The molecular weight excluding hydrogens is 570 g/mol. The second-order valence-corrected chi connectivity index (χ2v) is 12.1. The molecule has 4 aromatic rings. The molecule has 3 aromatic heterocycles. The summed E-state index contributed by atoms with van der Waals surface area (Å²) in [5.74, 6) is 1.13. The van der Waals surface area contributed by atoms with E-state index in [9.17, 15) is 4.79 Å². The van der Waals surface area contributed by atoms with Gasteiger partial charge in [0.25, 0.3) is 0 Å². The summed E-state index contributed by atoms with van der Waals surface area (Å²) < 4.78 is 14.2. The highest BCUT2D eigenvalue weighted by Crippen LogP contribution is 2.48. The number of imidazole rings is 1. The minimum atomic E-state index is -0.545. The zero-order valence-corrected chi connectivity index (χ0v) is 25.7. The molecule has 0 radical (unpaired) electrons. The number of methoxy groups -OCH3 is 1. The molecule has 3 aliphatic carbocycles. The number of aliphatic imine (C=N–C) groups is 2. The zero-order valence-electron chi connectivity index (χ0n) is 25.7. The maximum Gasteiger partial charge on any atom is 0.343 e. The maximum absolute atomic E-state index is 11.7. The van der Waals surface area contributed by atoms with Gasteiger partial charge in [0.1, 0.15) is 11.5 Å². The molecule has 12 heteroatoms. The molecule has 232 valence electrons. The largest absolute Gasteiger partial charge is 0.466 e. The molecule has 3 saturated carbocycles. The van der Waals surface area contributed by atoms with Gasteiger partial charge in [-0.25, -0.2) is 19.8 Å². The fraction of sp³-hybridized carbons (Fsp3) is 0.394. The molecule has 3 aliphatic rings. The summed E-state index contributed by atoms with van der Waals surface area (Å²) in [5.41, 5.74) is 20.2. The third-order valence-electron chi connectivity index (χ3n) is 8.45. The van der Waals surface area contributed by atoms with E-state index in [1.807, 2.05) is 31.4 Å². The van der Waals surface area contributed by atoms with E-state index >= 15 is 0 Å². The van der Waals surface area contributed by atoms with E-state index < -0.39 is 5.97 Å². The van der Waals surface area contributed by atoms with Crippen LogP contribution in [0.5, 0.6) is 0 Å². The molecule has 4 N–H and O–H groups in total. The molecule has 7 rings (SSSR count). The van der Waals surface area contributed by atoms with Crippen LogP contribution in [0.2, 0.25) is 0 Å². The lowest BCUT2D eigenvalue weighted by atomic mass is 10.0. The molecular formula is C33H37N9O3. The van der Waals surface area contributed by atoms with Crippen molar-refractivity contribution in [2.75, 3.05) is 19.5 Å². The Hall–Kier alpha value is -5.00. The number of rotatable bonds is 11. The predicted octanol–water partition coefficient (Wildman–Crippen LogP) is 4.34. The fourth-order valence-corrected chi connectivity index (χ4v) is 5.61. The van der Waals surface area contributed by atoms with E-state index in [2.05, 4.69) is 37.5 Å². The number of carbonyl (C=O) groups is 1. The van der Waals surface area contributed by atoms with E-state index in [4.69, 9.17) is 26.2 Å². The Balaban J connectivity index is 1.32. The molecule has 0 atom stereocenters. The van der Waals surface area contributed by atoms with Crippen LogP contribution in [0.25, 0.3) is 33.7 Å². The van der Waals surface area contributed by atoms with Gasteiger partial charge in [-0.2, -0.15) is 5.10 Å². The Morgan fingerprint density at radius 1 is 1.09 bits per heavy atom. The van der Waals surface area contributed by atoms with Gasteiger partial charge < -0.3 is 25.5 Å². The minimum Gasteiger partial charge on any atom is -0.466 e. The lowest BCUT2D eigenvalue weighted by Gasteiger charge is -2.11. The zero-order chi connectivity index (χ0) is 31.2. The topological polar surface area (TPSA) is 161 Å². The molecule has 0 aliphatic heterocycles. The standard InChI is InChI=1S/C33H37N9O3/c1-41-16-20-13-23(28(18-7-8-18)38-32(20)40-41)33-39-29(30(42(33)2)19-9-10-19)22-5-4-6-25(34)24(22)14-37-26(15-36-21-11-12-21)31(35)45-17-27(43)44-3/h4-6,13-16,18-19,21H,7-12,17,34-35H2,1-3H3/b31-26-,36-15?,37-14?. The number of nitrogens with zero attached hydrogens (tertiary/aromatic N) is 7. The van der Waals surface area contributed by atoms with Crippen molar-refractivity contribution in [2.24, 2.45) is 29.8 Å². The van der Waals surface area contributed by atoms with Gasteiger partial charge >= 0.3 is 5.97 Å². The van der Waals surface area contributed by atoms with Crippen LogP contribution in [0.15, 0.2) is 52.0 Å². The summed E-state index contributed by atoms with van der Waals surface area (Å²) in [6.07, 6.45) is 11.7. The van der Waals surface area contributed by atoms with Crippen LogP contribution in [-0.4, -0.2) is 62.5 Å². The molecule has 0 amide bonds. The van der Waals surface area contributed by atoms with Crippen molar-refractivity contribution in [3.8, 4) is 22.6 Å². The van der Waals surface area contributed by atoms with Gasteiger partial charge in [-0.1, -0.05) is 12.1 Å². The number of carbonyl (C=O) groups excluding carboxylic acids is 1. The third-order valence-corrected chi connectivity index (χ3v) is 8.45. The second kappa shape index (κ2) is 11.5. The van der Waals surface area contributed by atoms with Crippen LogP contribution in [-0.2, 0) is 28.4 Å². The first-order valence-corrected chi connectivity index (χ1v) is 15.4. The van der Waals surface area contributed by atoms with Crippen LogP contribution >= 0.6 is 0 Å². The first-order valence-electron chi connectivity index (χ1n) is 15.4. The van der Waals surface area contributed by atoms with Crippen LogP contribution in [0.3, 0.4) is 0 Å². The first-order chi connectivity index (χ1) is 21.8. The monoisotopic (exact) mass is 607 g/mol. The molecule has 0 saturated heterocycles. The number of hydrogen-bond acceptors (Lipinski definition) is 10. The van der Waals surface area contributed by atoms with Gasteiger partial charge in [0.15, 0.2) is 12.3 Å². The molecule has 45 heavy (non-hydrogen) atoms. The molecule has 0 unspecified atom stereocenters. The van der Waals surface area contributed by atoms with Crippen molar-refractivity contribution < 1.29 is 14.3 Å². The average Bonchev–Trinajstić information content (AvgIpc) is 3.90. The van der Waals surface area contributed by atoms with E-state index in [0.717, 1.165) is 77.9 Å². The molecule has 0 bridgehead atoms. The summed E-state index contributed by atoms with van der Waals surface area (Å²) in [7, 11) is 5.30. The van der Waals surface area contributed by atoms with Crippen LogP contribution in [0.4, 0.5) is 5.69 Å². The predicted molar refractivity (Wildman–Crippen MR) is 173 cm³/mol. The first kappa shape index (κ1) is 28.8. The lowest BCUT2D eigenvalue weighted by molar-refractivity contribution is -0.144. The molecule has 3 heterocycles. The Labute approximate surface area is 260 Å². The highest BCUT2D eigenvalue weighted by molar-refractivity contribution is 5.98. The Morgan fingerprint density at radius 2 is 1.87 bits per heavy atom. The molecule has 0 spiro atoms. The summed E-state index contributed by atoms with van der Waals surface area (Å²) in [6.45, 7) is -0.332. The SMILES string of the molecule is COC(=O)CO/C(N)=C(/C=NC1CC1)N=Cc1c(N)cccc1-c1nc(-c2cc3cn(C)nc3nc2C2CC2)n(C)c1C1CC1. The normalized spacial score (nSPS) is 17.4. The number of allylic oxidation sites excluding steroid dienone is 1. The number of benzene rings is 1. The van der Waals surface area contributed by atoms with Crippen molar-refractivity contribution in [1.82, 2.24) is 24.3 Å². The van der Waals surface area contributed by atoms with E-state index in [0.29, 0.717) is 28.8 Å². The number of ether oxygens (including phenoxy) is 2. The van der Waals surface area contributed by atoms with Crippen LogP contribution < -0.4 is 11.5 Å². The Bertz CT molecular complexity index is 1890. The number of aryl methyl sites for hydroxylation is 1. The van der Waals surface area contributed by atoms with Crippen molar-refractivity contribution in [3.63, 3.8) is 0 Å². The number of esters is 1. The molecule has 12 nitrogen and oxygen atoms in total. The lowest BCUT2D eigenvalue weighted by Crippen LogP contribution is -2.15. The number of hydrogen-bond donors (Lipinski definition) is 2. The molecule has 3 fully saturated rings. The van der Waals surface area contributed by atoms with Gasteiger partial charge in [0.05, 0.1) is 30.8 Å². The number of aromatic nitrogens is 5. The van der Waals surface area contributed by atoms with Crippen molar-refractivity contribution >= 4 is 35.1 Å². The average molecular weight is 608 g/mol.